The molecule has 0 aliphatic carbocycles. The zero-order valence-electron chi connectivity index (χ0n) is 17.3. The van der Waals surface area contributed by atoms with Crippen molar-refractivity contribution >= 4 is 34.2 Å². The zero-order valence-corrected chi connectivity index (χ0v) is 18.1. The van der Waals surface area contributed by atoms with Crippen molar-refractivity contribution < 1.29 is 14.3 Å². The molecule has 7 nitrogen and oxygen atoms in total. The number of rotatable bonds is 6. The van der Waals surface area contributed by atoms with Crippen molar-refractivity contribution in [1.29, 1.82) is 0 Å². The van der Waals surface area contributed by atoms with Gasteiger partial charge in [-0.3, -0.25) is 4.79 Å². The van der Waals surface area contributed by atoms with Gasteiger partial charge in [-0.25, -0.2) is 9.67 Å². The average Bonchev–Trinajstić information content (AvgIpc) is 3.09. The number of fused-ring (bicyclic) bond motifs is 1. The Morgan fingerprint density at radius 1 is 1.10 bits per heavy atom. The lowest BCUT2D eigenvalue weighted by molar-refractivity contribution is -0.116. The van der Waals surface area contributed by atoms with Crippen molar-refractivity contribution in [1.82, 2.24) is 14.8 Å². The standard InChI is InChI=1S/C23H21ClN4O3/c1-14-22-18(15-4-7-17(30-2)8-5-15)10-11-25-23(22)28(27-14)13-21(29)26-16-6-9-20(31-3)19(24)12-16/h4-12H,13H2,1-3H3,(H,26,29). The van der Waals surface area contributed by atoms with E-state index in [1.54, 1.807) is 36.2 Å². The van der Waals surface area contributed by atoms with Crippen LogP contribution in [0, 0.1) is 6.92 Å². The summed E-state index contributed by atoms with van der Waals surface area (Å²) in [5.74, 6) is 1.10. The molecule has 1 N–H and O–H groups in total. The topological polar surface area (TPSA) is 78.3 Å². The van der Waals surface area contributed by atoms with Crippen LogP contribution >= 0.6 is 11.6 Å². The molecule has 2 aromatic carbocycles. The fourth-order valence-corrected chi connectivity index (χ4v) is 3.74. The highest BCUT2D eigenvalue weighted by atomic mass is 35.5. The maximum atomic E-state index is 12.6. The Kier molecular flexibility index (Phi) is 5.77. The molecule has 0 unspecified atom stereocenters. The minimum atomic E-state index is -0.234. The Hall–Kier alpha value is -3.58. The molecule has 4 rings (SSSR count). The van der Waals surface area contributed by atoms with Crippen LogP contribution in [0.5, 0.6) is 11.5 Å². The fraction of sp³-hybridized carbons (Fsp3) is 0.174. The number of methoxy groups -OCH3 is 2. The van der Waals surface area contributed by atoms with E-state index in [1.807, 2.05) is 37.3 Å². The van der Waals surface area contributed by atoms with Crippen LogP contribution in [0.25, 0.3) is 22.2 Å². The predicted octanol–water partition coefficient (Wildman–Crippen LogP) is 4.72. The first-order chi connectivity index (χ1) is 15.0. The summed E-state index contributed by atoms with van der Waals surface area (Å²) in [5, 5.41) is 8.73. The van der Waals surface area contributed by atoms with Crippen molar-refractivity contribution in [3.05, 3.63) is 65.4 Å². The Morgan fingerprint density at radius 3 is 2.55 bits per heavy atom. The first-order valence-corrected chi connectivity index (χ1v) is 9.98. The molecule has 8 heteroatoms. The lowest BCUT2D eigenvalue weighted by atomic mass is 10.0. The van der Waals surface area contributed by atoms with E-state index in [0.717, 1.165) is 28.0 Å². The summed E-state index contributed by atoms with van der Waals surface area (Å²) in [4.78, 5) is 17.1. The van der Waals surface area contributed by atoms with Gasteiger partial charge in [-0.15, -0.1) is 0 Å². The summed E-state index contributed by atoms with van der Waals surface area (Å²) in [7, 11) is 3.18. The van der Waals surface area contributed by atoms with Gasteiger partial charge in [-0.2, -0.15) is 5.10 Å². The molecule has 0 aliphatic rings. The number of nitrogens with zero attached hydrogens (tertiary/aromatic N) is 3. The lowest BCUT2D eigenvalue weighted by Crippen LogP contribution is -2.19. The molecule has 158 valence electrons. The fourth-order valence-electron chi connectivity index (χ4n) is 3.48. The Labute approximate surface area is 184 Å². The van der Waals surface area contributed by atoms with E-state index in [1.165, 1.54) is 7.11 Å². The Morgan fingerprint density at radius 2 is 1.87 bits per heavy atom. The van der Waals surface area contributed by atoms with Gasteiger partial charge in [0.05, 0.1) is 24.9 Å². The van der Waals surface area contributed by atoms with Crippen LogP contribution in [0.3, 0.4) is 0 Å². The number of aryl methyl sites for hydroxylation is 1. The molecule has 4 aromatic rings. The Bertz CT molecular complexity index is 1250. The summed E-state index contributed by atoms with van der Waals surface area (Å²) in [5.41, 5.74) is 4.05. The number of nitrogens with one attached hydrogen (secondary N) is 1. The van der Waals surface area contributed by atoms with E-state index >= 15 is 0 Å². The van der Waals surface area contributed by atoms with Gasteiger partial charge in [0, 0.05) is 17.3 Å². The molecule has 1 amide bonds. The summed E-state index contributed by atoms with van der Waals surface area (Å²) in [6, 6.07) is 14.8. The third-order valence-corrected chi connectivity index (χ3v) is 5.23. The van der Waals surface area contributed by atoms with Crippen molar-refractivity contribution in [3.8, 4) is 22.6 Å². The molecule has 0 spiro atoms. The number of anilines is 1. The molecule has 0 bridgehead atoms. The minimum absolute atomic E-state index is 0.0209. The molecule has 2 heterocycles. The molecule has 0 saturated carbocycles. The second kappa shape index (κ2) is 8.65. The average molecular weight is 437 g/mol. The van der Waals surface area contributed by atoms with Gasteiger partial charge >= 0.3 is 0 Å². The highest BCUT2D eigenvalue weighted by molar-refractivity contribution is 6.32. The summed E-state index contributed by atoms with van der Waals surface area (Å²) in [6.45, 7) is 1.93. The zero-order chi connectivity index (χ0) is 22.0. The number of ether oxygens (including phenoxy) is 2. The smallest absolute Gasteiger partial charge is 0.246 e. The van der Waals surface area contributed by atoms with Crippen LogP contribution in [-0.4, -0.2) is 34.9 Å². The van der Waals surface area contributed by atoms with E-state index < -0.39 is 0 Å². The van der Waals surface area contributed by atoms with E-state index in [0.29, 0.717) is 22.1 Å². The van der Waals surface area contributed by atoms with Gasteiger partial charge in [0.2, 0.25) is 5.91 Å². The number of amides is 1. The molecular formula is C23H21ClN4O3. The molecule has 0 saturated heterocycles. The van der Waals surface area contributed by atoms with Gasteiger partial charge in [0.15, 0.2) is 5.65 Å². The van der Waals surface area contributed by atoms with Crippen molar-refractivity contribution in [2.24, 2.45) is 0 Å². The van der Waals surface area contributed by atoms with Crippen molar-refractivity contribution in [3.63, 3.8) is 0 Å². The number of halogens is 1. The first-order valence-electron chi connectivity index (χ1n) is 9.60. The Balaban J connectivity index is 1.61. The van der Waals surface area contributed by atoms with E-state index in [2.05, 4.69) is 15.4 Å². The normalized spacial score (nSPS) is 10.8. The second-order valence-corrected chi connectivity index (χ2v) is 7.33. The molecule has 2 aromatic heterocycles. The maximum absolute atomic E-state index is 12.6. The number of carbonyl (C=O) groups excluding carboxylic acids is 1. The van der Waals surface area contributed by atoms with E-state index in [9.17, 15) is 4.79 Å². The SMILES string of the molecule is COc1ccc(-c2ccnc3c2c(C)nn3CC(=O)Nc2ccc(OC)c(Cl)c2)cc1. The first kappa shape index (κ1) is 20.7. The van der Waals surface area contributed by atoms with Gasteiger partial charge < -0.3 is 14.8 Å². The third-order valence-electron chi connectivity index (χ3n) is 4.94. The lowest BCUT2D eigenvalue weighted by Gasteiger charge is -2.09. The summed E-state index contributed by atoms with van der Waals surface area (Å²) in [6.07, 6.45) is 1.72. The maximum Gasteiger partial charge on any atom is 0.246 e. The monoisotopic (exact) mass is 436 g/mol. The highest BCUT2D eigenvalue weighted by Gasteiger charge is 2.16. The number of carbonyl (C=O) groups is 1. The van der Waals surface area contributed by atoms with Gasteiger partial charge in [-0.1, -0.05) is 23.7 Å². The predicted molar refractivity (Wildman–Crippen MR) is 121 cm³/mol. The van der Waals surface area contributed by atoms with E-state index in [4.69, 9.17) is 21.1 Å². The molecule has 0 fully saturated rings. The highest BCUT2D eigenvalue weighted by Crippen LogP contribution is 2.31. The van der Waals surface area contributed by atoms with Gasteiger partial charge in [0.1, 0.15) is 18.0 Å². The third kappa shape index (κ3) is 4.18. The number of aromatic nitrogens is 3. The largest absolute Gasteiger partial charge is 0.497 e. The number of pyridine rings is 1. The molecule has 0 radical (unpaired) electrons. The molecule has 0 aliphatic heterocycles. The molecular weight excluding hydrogens is 416 g/mol. The van der Waals surface area contributed by atoms with Crippen LogP contribution < -0.4 is 14.8 Å². The van der Waals surface area contributed by atoms with Gasteiger partial charge in [-0.05, 0) is 54.4 Å². The number of benzene rings is 2. The van der Waals surface area contributed by atoms with Crippen LogP contribution in [-0.2, 0) is 11.3 Å². The summed E-state index contributed by atoms with van der Waals surface area (Å²) < 4.78 is 12.0. The van der Waals surface area contributed by atoms with Crippen LogP contribution in [0.1, 0.15) is 5.69 Å². The van der Waals surface area contributed by atoms with Crippen LogP contribution in [0.4, 0.5) is 5.69 Å². The summed E-state index contributed by atoms with van der Waals surface area (Å²) >= 11 is 6.14. The molecule has 0 atom stereocenters. The van der Waals surface area contributed by atoms with Gasteiger partial charge in [0.25, 0.3) is 0 Å². The molecule has 31 heavy (non-hydrogen) atoms. The second-order valence-electron chi connectivity index (χ2n) is 6.93. The van der Waals surface area contributed by atoms with Crippen molar-refractivity contribution in [2.45, 2.75) is 13.5 Å². The van der Waals surface area contributed by atoms with Crippen LogP contribution in [0.2, 0.25) is 5.02 Å². The quantitative estimate of drug-likeness (QED) is 0.473. The number of hydrogen-bond donors (Lipinski definition) is 1. The van der Waals surface area contributed by atoms with Crippen LogP contribution in [0.15, 0.2) is 54.7 Å². The van der Waals surface area contributed by atoms with Crippen molar-refractivity contribution in [2.75, 3.05) is 19.5 Å². The number of hydrogen-bond acceptors (Lipinski definition) is 5. The minimum Gasteiger partial charge on any atom is -0.497 e. The van der Waals surface area contributed by atoms with E-state index in [-0.39, 0.29) is 12.5 Å².